The number of rotatable bonds is 4. The Kier molecular flexibility index (Phi) is 4.64. The van der Waals surface area contributed by atoms with Crippen molar-refractivity contribution >= 4 is 6.09 Å². The molecular weight excluding hydrogens is 280 g/mol. The first-order chi connectivity index (χ1) is 10.4. The minimum absolute atomic E-state index is 0.123. The molecule has 0 aromatic heterocycles. The molecule has 3 aliphatic heterocycles. The van der Waals surface area contributed by atoms with Gasteiger partial charge < -0.3 is 19.7 Å². The molecule has 1 amide bonds. The highest BCUT2D eigenvalue weighted by atomic mass is 16.6. The summed E-state index contributed by atoms with van der Waals surface area (Å²) in [5.74, 6) is 0.563. The van der Waals surface area contributed by atoms with Crippen molar-refractivity contribution in [1.82, 2.24) is 10.2 Å². The van der Waals surface area contributed by atoms with E-state index >= 15 is 0 Å². The van der Waals surface area contributed by atoms with E-state index in [-0.39, 0.29) is 6.09 Å². The largest absolute Gasteiger partial charge is 0.444 e. The van der Waals surface area contributed by atoms with Gasteiger partial charge in [0.1, 0.15) is 5.60 Å². The molecule has 22 heavy (non-hydrogen) atoms. The van der Waals surface area contributed by atoms with E-state index in [1.54, 1.807) is 0 Å². The molecule has 3 rings (SSSR count). The molecule has 2 bridgehead atoms. The van der Waals surface area contributed by atoms with E-state index < -0.39 is 5.60 Å². The van der Waals surface area contributed by atoms with Gasteiger partial charge in [-0.05, 0) is 58.8 Å². The second-order valence-electron chi connectivity index (χ2n) is 7.98. The van der Waals surface area contributed by atoms with Gasteiger partial charge in [-0.3, -0.25) is 0 Å². The number of amides is 1. The average molecular weight is 310 g/mol. The Morgan fingerprint density at radius 3 is 2.77 bits per heavy atom. The molecule has 3 fully saturated rings. The highest BCUT2D eigenvalue weighted by Gasteiger charge is 2.49. The van der Waals surface area contributed by atoms with Gasteiger partial charge in [0.25, 0.3) is 0 Å². The van der Waals surface area contributed by atoms with Crippen LogP contribution >= 0.6 is 0 Å². The average Bonchev–Trinajstić information content (AvgIpc) is 3.11. The number of carbonyl (C=O) groups is 1. The standard InChI is InChI=1S/C17H30N2O3/c1-17(2,3)22-16(20)19-13-6-7-15(19)12(9-13)10-18-11-14-5-4-8-21-14/h12-15,18H,4-11H2,1-3H3. The van der Waals surface area contributed by atoms with Crippen LogP contribution in [0.4, 0.5) is 4.79 Å². The van der Waals surface area contributed by atoms with E-state index in [9.17, 15) is 4.79 Å². The van der Waals surface area contributed by atoms with E-state index in [1.807, 2.05) is 25.7 Å². The van der Waals surface area contributed by atoms with Crippen molar-refractivity contribution in [2.24, 2.45) is 5.92 Å². The van der Waals surface area contributed by atoms with Crippen molar-refractivity contribution in [3.05, 3.63) is 0 Å². The van der Waals surface area contributed by atoms with Crippen molar-refractivity contribution in [3.8, 4) is 0 Å². The molecule has 0 saturated carbocycles. The van der Waals surface area contributed by atoms with Crippen LogP contribution < -0.4 is 5.32 Å². The summed E-state index contributed by atoms with van der Waals surface area (Å²) in [6, 6.07) is 0.742. The molecular formula is C17H30N2O3. The lowest BCUT2D eigenvalue weighted by Crippen LogP contribution is -2.42. The number of hydrogen-bond acceptors (Lipinski definition) is 4. The predicted octanol–water partition coefficient (Wildman–Crippen LogP) is 2.54. The zero-order chi connectivity index (χ0) is 15.7. The quantitative estimate of drug-likeness (QED) is 0.867. The molecule has 3 aliphatic rings. The third-order valence-electron chi connectivity index (χ3n) is 5.07. The maximum atomic E-state index is 12.4. The Labute approximate surface area is 133 Å². The van der Waals surface area contributed by atoms with Gasteiger partial charge in [0.2, 0.25) is 0 Å². The van der Waals surface area contributed by atoms with E-state index in [1.165, 1.54) is 12.8 Å². The highest BCUT2D eigenvalue weighted by molar-refractivity contribution is 5.70. The Balaban J connectivity index is 1.48. The summed E-state index contributed by atoms with van der Waals surface area (Å²) in [7, 11) is 0. The lowest BCUT2D eigenvalue weighted by atomic mass is 9.89. The summed E-state index contributed by atoms with van der Waals surface area (Å²) >= 11 is 0. The predicted molar refractivity (Wildman–Crippen MR) is 84.8 cm³/mol. The zero-order valence-corrected chi connectivity index (χ0v) is 14.1. The van der Waals surface area contributed by atoms with Crippen LogP contribution in [-0.2, 0) is 9.47 Å². The second-order valence-corrected chi connectivity index (χ2v) is 7.98. The van der Waals surface area contributed by atoms with Gasteiger partial charge in [0.15, 0.2) is 0 Å². The Morgan fingerprint density at radius 1 is 1.27 bits per heavy atom. The zero-order valence-electron chi connectivity index (χ0n) is 14.1. The highest BCUT2D eigenvalue weighted by Crippen LogP contribution is 2.42. The molecule has 0 radical (unpaired) electrons. The Morgan fingerprint density at radius 2 is 2.09 bits per heavy atom. The SMILES string of the molecule is CC(C)(C)OC(=O)N1C2CCC1C(CNCC1CCCO1)C2. The normalized spacial score (nSPS) is 34.4. The van der Waals surface area contributed by atoms with Crippen LogP contribution in [0.15, 0.2) is 0 Å². The minimum Gasteiger partial charge on any atom is -0.444 e. The van der Waals surface area contributed by atoms with Crippen molar-refractivity contribution in [3.63, 3.8) is 0 Å². The van der Waals surface area contributed by atoms with Crippen LogP contribution in [0.5, 0.6) is 0 Å². The summed E-state index contributed by atoms with van der Waals surface area (Å²) in [6.45, 7) is 8.64. The third kappa shape index (κ3) is 3.57. The maximum absolute atomic E-state index is 12.4. The van der Waals surface area contributed by atoms with Gasteiger partial charge in [-0.2, -0.15) is 0 Å². The fourth-order valence-corrected chi connectivity index (χ4v) is 4.17. The van der Waals surface area contributed by atoms with Gasteiger partial charge in [0, 0.05) is 31.8 Å². The first kappa shape index (κ1) is 16.1. The van der Waals surface area contributed by atoms with E-state index in [0.29, 0.717) is 24.1 Å². The van der Waals surface area contributed by atoms with E-state index in [4.69, 9.17) is 9.47 Å². The fourth-order valence-electron chi connectivity index (χ4n) is 4.17. The van der Waals surface area contributed by atoms with Crippen molar-refractivity contribution < 1.29 is 14.3 Å². The smallest absolute Gasteiger partial charge is 0.410 e. The molecule has 5 nitrogen and oxygen atoms in total. The minimum atomic E-state index is -0.410. The molecule has 3 saturated heterocycles. The molecule has 4 unspecified atom stereocenters. The summed E-state index contributed by atoms with van der Waals surface area (Å²) in [4.78, 5) is 14.4. The lowest BCUT2D eigenvalue weighted by molar-refractivity contribution is 0.0204. The molecule has 0 aromatic rings. The van der Waals surface area contributed by atoms with Crippen molar-refractivity contribution in [1.29, 1.82) is 0 Å². The van der Waals surface area contributed by atoms with Gasteiger partial charge in [-0.25, -0.2) is 4.79 Å². The molecule has 3 heterocycles. The monoisotopic (exact) mass is 310 g/mol. The van der Waals surface area contributed by atoms with Gasteiger partial charge >= 0.3 is 6.09 Å². The summed E-state index contributed by atoms with van der Waals surface area (Å²) in [6.07, 6.45) is 5.99. The van der Waals surface area contributed by atoms with Crippen molar-refractivity contribution in [2.45, 2.75) is 76.7 Å². The lowest BCUT2D eigenvalue weighted by Gasteiger charge is -2.28. The number of hydrogen-bond donors (Lipinski definition) is 1. The summed E-state index contributed by atoms with van der Waals surface area (Å²) < 4.78 is 11.2. The summed E-state index contributed by atoms with van der Waals surface area (Å²) in [5, 5.41) is 3.56. The summed E-state index contributed by atoms with van der Waals surface area (Å²) in [5.41, 5.74) is -0.410. The number of nitrogens with one attached hydrogen (secondary N) is 1. The van der Waals surface area contributed by atoms with Crippen LogP contribution in [-0.4, -0.2) is 54.5 Å². The molecule has 0 spiro atoms. The van der Waals surface area contributed by atoms with E-state index in [0.717, 1.165) is 39.0 Å². The first-order valence-corrected chi connectivity index (χ1v) is 8.77. The fraction of sp³-hybridized carbons (Fsp3) is 0.941. The molecule has 5 heteroatoms. The first-order valence-electron chi connectivity index (χ1n) is 8.77. The van der Waals surface area contributed by atoms with Gasteiger partial charge in [0.05, 0.1) is 6.10 Å². The van der Waals surface area contributed by atoms with Gasteiger partial charge in [-0.1, -0.05) is 0 Å². The number of carbonyl (C=O) groups excluding carboxylic acids is 1. The maximum Gasteiger partial charge on any atom is 0.410 e. The van der Waals surface area contributed by atoms with Crippen LogP contribution in [0.1, 0.15) is 52.9 Å². The van der Waals surface area contributed by atoms with Gasteiger partial charge in [-0.15, -0.1) is 0 Å². The van der Waals surface area contributed by atoms with Crippen LogP contribution in [0.2, 0.25) is 0 Å². The topological polar surface area (TPSA) is 50.8 Å². The number of nitrogens with zero attached hydrogens (tertiary/aromatic N) is 1. The Bertz CT molecular complexity index is 401. The van der Waals surface area contributed by atoms with Crippen LogP contribution in [0.3, 0.4) is 0 Å². The number of fused-ring (bicyclic) bond motifs is 2. The molecule has 126 valence electrons. The van der Waals surface area contributed by atoms with Crippen LogP contribution in [0.25, 0.3) is 0 Å². The molecule has 1 N–H and O–H groups in total. The van der Waals surface area contributed by atoms with Crippen molar-refractivity contribution in [2.75, 3.05) is 19.7 Å². The molecule has 0 aromatic carbocycles. The Hall–Kier alpha value is -0.810. The molecule has 0 aliphatic carbocycles. The molecule has 4 atom stereocenters. The van der Waals surface area contributed by atoms with Crippen LogP contribution in [0, 0.1) is 5.92 Å². The van der Waals surface area contributed by atoms with E-state index in [2.05, 4.69) is 5.32 Å². The number of ether oxygens (including phenoxy) is 2. The third-order valence-corrected chi connectivity index (χ3v) is 5.07. The second kappa shape index (κ2) is 6.36.